The minimum Gasteiger partial charge on any atom is -0.481 e. The van der Waals surface area contributed by atoms with E-state index in [1.165, 1.54) is 4.88 Å². The molecule has 0 aliphatic rings. The van der Waals surface area contributed by atoms with E-state index in [-0.39, 0.29) is 12.0 Å². The second kappa shape index (κ2) is 6.37. The van der Waals surface area contributed by atoms with Crippen LogP contribution < -0.4 is 5.32 Å². The van der Waals surface area contributed by atoms with E-state index in [1.807, 2.05) is 13.0 Å². The van der Waals surface area contributed by atoms with Crippen molar-refractivity contribution in [2.75, 3.05) is 6.54 Å². The Morgan fingerprint density at radius 3 is 2.75 bits per heavy atom. The van der Waals surface area contributed by atoms with E-state index in [0.29, 0.717) is 0 Å². The van der Waals surface area contributed by atoms with Crippen LogP contribution in [0.15, 0.2) is 15.9 Å². The molecule has 0 bridgehead atoms. The van der Waals surface area contributed by atoms with Crippen LogP contribution in [-0.4, -0.2) is 23.7 Å². The fourth-order valence-electron chi connectivity index (χ4n) is 1.30. The molecule has 16 heavy (non-hydrogen) atoms. The molecule has 0 aromatic carbocycles. The van der Waals surface area contributed by atoms with Crippen molar-refractivity contribution in [3.63, 3.8) is 0 Å². The van der Waals surface area contributed by atoms with Crippen molar-refractivity contribution in [2.45, 2.75) is 26.3 Å². The molecule has 5 heteroatoms. The summed E-state index contributed by atoms with van der Waals surface area (Å²) in [6.45, 7) is 4.44. The van der Waals surface area contributed by atoms with Crippen molar-refractivity contribution in [1.82, 2.24) is 5.32 Å². The average Bonchev–Trinajstić information content (AvgIpc) is 2.62. The first-order valence-electron chi connectivity index (χ1n) is 5.21. The van der Waals surface area contributed by atoms with Gasteiger partial charge in [0.25, 0.3) is 0 Å². The molecule has 90 valence electrons. The summed E-state index contributed by atoms with van der Waals surface area (Å²) in [4.78, 5) is 12.0. The third-order valence-corrected chi connectivity index (χ3v) is 4.29. The third-order valence-electron chi connectivity index (χ3n) is 2.61. The molecule has 3 nitrogen and oxygen atoms in total. The highest BCUT2D eigenvalue weighted by Gasteiger charge is 2.18. The molecule has 0 amide bonds. The van der Waals surface area contributed by atoms with Gasteiger partial charge in [-0.3, -0.25) is 4.79 Å². The average molecular weight is 306 g/mol. The second-order valence-corrected chi connectivity index (χ2v) is 6.37. The summed E-state index contributed by atoms with van der Waals surface area (Å²) in [5, 5.41) is 12.1. The van der Waals surface area contributed by atoms with Gasteiger partial charge in [-0.2, -0.15) is 0 Å². The molecule has 2 unspecified atom stereocenters. The molecule has 0 radical (unpaired) electrons. The highest BCUT2D eigenvalue weighted by Crippen LogP contribution is 2.22. The molecule has 0 fully saturated rings. The van der Waals surface area contributed by atoms with Crippen LogP contribution in [0.4, 0.5) is 0 Å². The summed E-state index contributed by atoms with van der Waals surface area (Å²) in [5.74, 6) is -1.10. The van der Waals surface area contributed by atoms with Gasteiger partial charge in [0.1, 0.15) is 0 Å². The van der Waals surface area contributed by atoms with Gasteiger partial charge in [-0.1, -0.05) is 6.92 Å². The van der Waals surface area contributed by atoms with E-state index >= 15 is 0 Å². The number of rotatable bonds is 6. The topological polar surface area (TPSA) is 49.3 Å². The summed E-state index contributed by atoms with van der Waals surface area (Å²) in [6.07, 6.45) is 0.937. The number of carboxylic acids is 1. The van der Waals surface area contributed by atoms with Crippen LogP contribution in [0.5, 0.6) is 0 Å². The smallest absolute Gasteiger partial charge is 0.307 e. The molecule has 0 aliphatic carbocycles. The predicted octanol–water partition coefficient (Wildman–Crippen LogP) is 2.75. The van der Waals surface area contributed by atoms with Gasteiger partial charge in [-0.05, 0) is 41.4 Å². The van der Waals surface area contributed by atoms with Gasteiger partial charge in [-0.25, -0.2) is 0 Å². The third kappa shape index (κ3) is 4.23. The highest BCUT2D eigenvalue weighted by molar-refractivity contribution is 9.11. The lowest BCUT2D eigenvalue weighted by Crippen LogP contribution is -2.37. The standard InChI is InChI=1S/C11H16BrNO2S/c1-7(11(14)15)8(2)13-6-5-9-3-4-10(12)16-9/h3-4,7-8,13H,5-6H2,1-2H3,(H,14,15). The van der Waals surface area contributed by atoms with Crippen LogP contribution in [0.2, 0.25) is 0 Å². The van der Waals surface area contributed by atoms with Crippen molar-refractivity contribution in [3.05, 3.63) is 20.8 Å². The van der Waals surface area contributed by atoms with E-state index in [2.05, 4.69) is 27.3 Å². The molecule has 0 saturated carbocycles. The van der Waals surface area contributed by atoms with Crippen LogP contribution in [0, 0.1) is 5.92 Å². The molecule has 1 rings (SSSR count). The number of carbonyl (C=O) groups is 1. The number of halogens is 1. The van der Waals surface area contributed by atoms with Crippen molar-refractivity contribution in [2.24, 2.45) is 5.92 Å². The maximum Gasteiger partial charge on any atom is 0.307 e. The van der Waals surface area contributed by atoms with Crippen LogP contribution in [0.3, 0.4) is 0 Å². The molecule has 2 N–H and O–H groups in total. The van der Waals surface area contributed by atoms with Gasteiger partial charge < -0.3 is 10.4 Å². The Labute approximate surface area is 108 Å². The van der Waals surface area contributed by atoms with Crippen LogP contribution in [-0.2, 0) is 11.2 Å². The zero-order valence-corrected chi connectivity index (χ0v) is 11.8. The van der Waals surface area contributed by atoms with Gasteiger partial charge in [0.15, 0.2) is 0 Å². The van der Waals surface area contributed by atoms with Gasteiger partial charge in [0.2, 0.25) is 0 Å². The highest BCUT2D eigenvalue weighted by atomic mass is 79.9. The first-order chi connectivity index (χ1) is 7.50. The fourth-order valence-corrected chi connectivity index (χ4v) is 2.78. The Morgan fingerprint density at radius 1 is 1.56 bits per heavy atom. The zero-order valence-electron chi connectivity index (χ0n) is 9.37. The van der Waals surface area contributed by atoms with Gasteiger partial charge in [0, 0.05) is 17.5 Å². The van der Waals surface area contributed by atoms with Crippen LogP contribution in [0.25, 0.3) is 0 Å². The number of thiophene rings is 1. The lowest BCUT2D eigenvalue weighted by molar-refractivity contribution is -0.141. The van der Waals surface area contributed by atoms with Gasteiger partial charge in [-0.15, -0.1) is 11.3 Å². The number of nitrogens with one attached hydrogen (secondary N) is 1. The quantitative estimate of drug-likeness (QED) is 0.849. The second-order valence-electron chi connectivity index (χ2n) is 3.83. The van der Waals surface area contributed by atoms with Gasteiger partial charge in [0.05, 0.1) is 9.70 Å². The van der Waals surface area contributed by atoms with E-state index in [0.717, 1.165) is 16.8 Å². The number of aliphatic carboxylic acids is 1. The Balaban J connectivity index is 2.27. The summed E-state index contributed by atoms with van der Waals surface area (Å²) < 4.78 is 1.13. The summed E-state index contributed by atoms with van der Waals surface area (Å²) >= 11 is 5.13. The zero-order chi connectivity index (χ0) is 12.1. The molecule has 1 heterocycles. The number of hydrogen-bond donors (Lipinski definition) is 2. The van der Waals surface area contributed by atoms with E-state index < -0.39 is 5.97 Å². The Bertz CT molecular complexity index is 354. The number of carboxylic acid groups (broad SMARTS) is 1. The molecule has 0 saturated heterocycles. The normalized spacial score (nSPS) is 14.7. The van der Waals surface area contributed by atoms with Gasteiger partial charge >= 0.3 is 5.97 Å². The van der Waals surface area contributed by atoms with Crippen molar-refractivity contribution < 1.29 is 9.90 Å². The summed E-state index contributed by atoms with van der Waals surface area (Å²) in [7, 11) is 0. The largest absolute Gasteiger partial charge is 0.481 e. The van der Waals surface area contributed by atoms with Crippen molar-refractivity contribution in [1.29, 1.82) is 0 Å². The number of hydrogen-bond acceptors (Lipinski definition) is 3. The predicted molar refractivity (Wildman–Crippen MR) is 70.0 cm³/mol. The summed E-state index contributed by atoms with van der Waals surface area (Å²) in [6, 6.07) is 4.12. The first-order valence-corrected chi connectivity index (χ1v) is 6.82. The molecular formula is C11H16BrNO2S. The van der Waals surface area contributed by atoms with E-state index in [1.54, 1.807) is 18.3 Å². The SMILES string of the molecule is CC(NCCc1ccc(Br)s1)C(C)C(=O)O. The van der Waals surface area contributed by atoms with E-state index in [4.69, 9.17) is 5.11 Å². The maximum absolute atomic E-state index is 10.7. The van der Waals surface area contributed by atoms with Crippen molar-refractivity contribution in [3.8, 4) is 0 Å². The maximum atomic E-state index is 10.7. The fraction of sp³-hybridized carbons (Fsp3) is 0.545. The Kier molecular flexibility index (Phi) is 5.44. The van der Waals surface area contributed by atoms with Crippen LogP contribution in [0.1, 0.15) is 18.7 Å². The minimum absolute atomic E-state index is 0.000836. The van der Waals surface area contributed by atoms with E-state index in [9.17, 15) is 4.79 Å². The lowest BCUT2D eigenvalue weighted by atomic mass is 10.0. The minimum atomic E-state index is -0.751. The molecule has 0 spiro atoms. The Morgan fingerprint density at radius 2 is 2.25 bits per heavy atom. The first kappa shape index (κ1) is 13.7. The Hall–Kier alpha value is -0.390. The lowest BCUT2D eigenvalue weighted by Gasteiger charge is -2.17. The molecule has 1 aromatic heterocycles. The molecule has 2 atom stereocenters. The molecular weight excluding hydrogens is 290 g/mol. The van der Waals surface area contributed by atoms with Crippen molar-refractivity contribution >= 4 is 33.2 Å². The monoisotopic (exact) mass is 305 g/mol. The molecule has 0 aliphatic heterocycles. The molecule has 1 aromatic rings. The summed E-state index contributed by atoms with van der Waals surface area (Å²) in [5.41, 5.74) is 0. The van der Waals surface area contributed by atoms with Crippen LogP contribution >= 0.6 is 27.3 Å².